The van der Waals surface area contributed by atoms with Crippen LogP contribution in [-0.2, 0) is 13.6 Å². The van der Waals surface area contributed by atoms with Crippen molar-refractivity contribution in [1.29, 1.82) is 0 Å². The van der Waals surface area contributed by atoms with Gasteiger partial charge >= 0.3 is 0 Å². The largest absolute Gasteiger partial charge is 0.317 e. The molecule has 2 aliphatic heterocycles. The number of hydrogen-bond acceptors (Lipinski definition) is 4. The summed E-state index contributed by atoms with van der Waals surface area (Å²) in [5, 5.41) is 9.15. The number of aromatic nitrogens is 3. The second-order valence-electron chi connectivity index (χ2n) is 7.13. The predicted molar refractivity (Wildman–Crippen MR) is 94.9 cm³/mol. The molecule has 0 radical (unpaired) electrons. The SMILES string of the molecule is Cc1nn(C)c2ncc(CN3CCC4(CCNCC4)C3)cc12.Cl. The number of pyridine rings is 1. The first kappa shape index (κ1) is 16.7. The highest BCUT2D eigenvalue weighted by Crippen LogP contribution is 2.39. The van der Waals surface area contributed by atoms with Gasteiger partial charge in [0.2, 0.25) is 0 Å². The second-order valence-corrected chi connectivity index (χ2v) is 7.13. The lowest BCUT2D eigenvalue weighted by atomic mass is 9.78. The van der Waals surface area contributed by atoms with Crippen LogP contribution < -0.4 is 5.32 Å². The number of piperidine rings is 1. The quantitative estimate of drug-likeness (QED) is 0.914. The number of nitrogens with one attached hydrogen (secondary N) is 1. The molecule has 2 aromatic rings. The van der Waals surface area contributed by atoms with Crippen LogP contribution in [0.4, 0.5) is 0 Å². The van der Waals surface area contributed by atoms with Crippen molar-refractivity contribution in [1.82, 2.24) is 25.0 Å². The van der Waals surface area contributed by atoms with E-state index >= 15 is 0 Å². The van der Waals surface area contributed by atoms with Crippen LogP contribution in [0.25, 0.3) is 11.0 Å². The van der Waals surface area contributed by atoms with Crippen LogP contribution in [-0.4, -0.2) is 45.8 Å². The van der Waals surface area contributed by atoms with Gasteiger partial charge in [0.25, 0.3) is 0 Å². The Kier molecular flexibility index (Phi) is 4.63. The highest BCUT2D eigenvalue weighted by atomic mass is 35.5. The van der Waals surface area contributed by atoms with Gasteiger partial charge in [-0.05, 0) is 62.9 Å². The van der Waals surface area contributed by atoms with Crippen molar-refractivity contribution in [2.24, 2.45) is 12.5 Å². The van der Waals surface area contributed by atoms with Crippen molar-refractivity contribution in [3.05, 3.63) is 23.5 Å². The van der Waals surface area contributed by atoms with Gasteiger partial charge in [0, 0.05) is 31.7 Å². The van der Waals surface area contributed by atoms with Gasteiger partial charge < -0.3 is 5.32 Å². The molecular formula is C17H26ClN5. The van der Waals surface area contributed by atoms with E-state index in [1.807, 2.05) is 17.9 Å². The fourth-order valence-corrected chi connectivity index (χ4v) is 4.22. The van der Waals surface area contributed by atoms with Crippen LogP contribution in [0, 0.1) is 12.3 Å². The molecule has 0 aliphatic carbocycles. The molecule has 5 nitrogen and oxygen atoms in total. The first-order valence-electron chi connectivity index (χ1n) is 8.37. The van der Waals surface area contributed by atoms with E-state index < -0.39 is 0 Å². The maximum absolute atomic E-state index is 4.61. The van der Waals surface area contributed by atoms with Crippen LogP contribution >= 0.6 is 12.4 Å². The molecule has 0 atom stereocenters. The summed E-state index contributed by atoms with van der Waals surface area (Å²) in [4.78, 5) is 7.22. The maximum Gasteiger partial charge on any atom is 0.157 e. The van der Waals surface area contributed by atoms with Crippen LogP contribution in [0.1, 0.15) is 30.5 Å². The Balaban J connectivity index is 0.00000156. The zero-order chi connectivity index (χ0) is 15.2. The molecule has 0 saturated carbocycles. The highest BCUT2D eigenvalue weighted by molar-refractivity contribution is 5.85. The van der Waals surface area contributed by atoms with E-state index in [1.54, 1.807) is 0 Å². The summed E-state index contributed by atoms with van der Waals surface area (Å²) in [6, 6.07) is 2.28. The smallest absolute Gasteiger partial charge is 0.157 e. The third kappa shape index (κ3) is 3.10. The van der Waals surface area contributed by atoms with E-state index in [0.717, 1.165) is 17.9 Å². The van der Waals surface area contributed by atoms with Crippen molar-refractivity contribution in [2.75, 3.05) is 26.2 Å². The fourth-order valence-electron chi connectivity index (χ4n) is 4.22. The molecule has 4 heterocycles. The van der Waals surface area contributed by atoms with Gasteiger partial charge in [-0.25, -0.2) is 4.98 Å². The normalized spacial score (nSPS) is 21.0. The standard InChI is InChI=1S/C17H25N5.ClH/c1-13-15-9-14(10-19-16(15)21(2)20-13)11-22-8-5-17(12-22)3-6-18-7-4-17;/h9-10,18H,3-8,11-12H2,1-2H3;1H. The molecule has 2 aromatic heterocycles. The zero-order valence-corrected chi connectivity index (χ0v) is 14.8. The van der Waals surface area contributed by atoms with E-state index in [2.05, 4.69) is 33.3 Å². The summed E-state index contributed by atoms with van der Waals surface area (Å²) in [7, 11) is 1.96. The van der Waals surface area contributed by atoms with Crippen molar-refractivity contribution in [2.45, 2.75) is 32.7 Å². The summed E-state index contributed by atoms with van der Waals surface area (Å²) in [6.07, 6.45) is 6.05. The van der Waals surface area contributed by atoms with E-state index in [1.165, 1.54) is 56.4 Å². The van der Waals surface area contributed by atoms with E-state index in [-0.39, 0.29) is 12.4 Å². The first-order chi connectivity index (χ1) is 10.7. The van der Waals surface area contributed by atoms with E-state index in [0.29, 0.717) is 5.41 Å². The molecule has 23 heavy (non-hydrogen) atoms. The Morgan fingerprint density at radius 2 is 2.04 bits per heavy atom. The summed E-state index contributed by atoms with van der Waals surface area (Å²) in [5.41, 5.74) is 3.95. The number of fused-ring (bicyclic) bond motifs is 1. The van der Waals surface area contributed by atoms with Crippen LogP contribution in [0.15, 0.2) is 12.3 Å². The maximum atomic E-state index is 4.61. The van der Waals surface area contributed by atoms with Gasteiger partial charge in [0.15, 0.2) is 5.65 Å². The minimum atomic E-state index is 0. The monoisotopic (exact) mass is 335 g/mol. The molecule has 0 bridgehead atoms. The Labute approximate surface area is 143 Å². The Morgan fingerprint density at radius 3 is 2.83 bits per heavy atom. The molecule has 2 aliphatic rings. The van der Waals surface area contributed by atoms with Gasteiger partial charge in [0.1, 0.15) is 0 Å². The molecule has 2 saturated heterocycles. The van der Waals surface area contributed by atoms with Crippen molar-refractivity contribution in [3.63, 3.8) is 0 Å². The van der Waals surface area contributed by atoms with Crippen molar-refractivity contribution >= 4 is 23.4 Å². The Hall–Kier alpha value is -1.17. The summed E-state index contributed by atoms with van der Waals surface area (Å²) in [6.45, 7) is 7.94. The van der Waals surface area contributed by atoms with Crippen molar-refractivity contribution in [3.8, 4) is 0 Å². The number of halogens is 1. The van der Waals surface area contributed by atoms with Gasteiger partial charge in [-0.2, -0.15) is 5.10 Å². The number of rotatable bonds is 2. The molecule has 1 spiro atoms. The van der Waals surface area contributed by atoms with Crippen LogP contribution in [0.3, 0.4) is 0 Å². The third-order valence-electron chi connectivity index (χ3n) is 5.51. The Bertz CT molecular complexity index is 690. The van der Waals surface area contributed by atoms with Gasteiger partial charge in [-0.3, -0.25) is 9.58 Å². The lowest BCUT2D eigenvalue weighted by molar-refractivity contribution is 0.194. The number of hydrogen-bond donors (Lipinski definition) is 1. The minimum Gasteiger partial charge on any atom is -0.317 e. The second kappa shape index (κ2) is 6.38. The molecule has 6 heteroatoms. The topological polar surface area (TPSA) is 46.0 Å². The number of aryl methyl sites for hydroxylation is 2. The molecule has 0 aromatic carbocycles. The predicted octanol–water partition coefficient (Wildman–Crippen LogP) is 2.27. The minimum absolute atomic E-state index is 0. The molecule has 1 N–H and O–H groups in total. The van der Waals surface area contributed by atoms with Gasteiger partial charge in [-0.15, -0.1) is 12.4 Å². The lowest BCUT2D eigenvalue weighted by Gasteiger charge is -2.33. The van der Waals surface area contributed by atoms with Crippen molar-refractivity contribution < 1.29 is 0 Å². The molecular weight excluding hydrogens is 310 g/mol. The average molecular weight is 336 g/mol. The summed E-state index contributed by atoms with van der Waals surface area (Å²) in [5.74, 6) is 0. The zero-order valence-electron chi connectivity index (χ0n) is 14.0. The van der Waals surface area contributed by atoms with E-state index in [4.69, 9.17) is 0 Å². The van der Waals surface area contributed by atoms with Gasteiger partial charge in [-0.1, -0.05) is 0 Å². The van der Waals surface area contributed by atoms with Crippen LogP contribution in [0.5, 0.6) is 0 Å². The first-order valence-corrected chi connectivity index (χ1v) is 8.37. The highest BCUT2D eigenvalue weighted by Gasteiger charge is 2.38. The number of nitrogens with zero attached hydrogens (tertiary/aromatic N) is 4. The Morgan fingerprint density at radius 1 is 1.26 bits per heavy atom. The molecule has 4 rings (SSSR count). The summed E-state index contributed by atoms with van der Waals surface area (Å²) < 4.78 is 1.87. The number of likely N-dealkylation sites (tertiary alicyclic amines) is 1. The fraction of sp³-hybridized carbons (Fsp3) is 0.647. The molecule has 2 fully saturated rings. The third-order valence-corrected chi connectivity index (χ3v) is 5.51. The molecule has 0 unspecified atom stereocenters. The molecule has 0 amide bonds. The average Bonchev–Trinajstić information content (AvgIpc) is 3.02. The van der Waals surface area contributed by atoms with E-state index in [9.17, 15) is 0 Å². The van der Waals surface area contributed by atoms with Crippen LogP contribution in [0.2, 0.25) is 0 Å². The lowest BCUT2D eigenvalue weighted by Crippen LogP contribution is -2.38. The molecule has 126 valence electrons. The van der Waals surface area contributed by atoms with Gasteiger partial charge in [0.05, 0.1) is 5.69 Å². The summed E-state index contributed by atoms with van der Waals surface area (Å²) >= 11 is 0.